The van der Waals surface area contributed by atoms with E-state index in [2.05, 4.69) is 10.3 Å². The molecule has 0 saturated carbocycles. The molecule has 1 heterocycles. The van der Waals surface area contributed by atoms with E-state index in [9.17, 15) is 14.9 Å². The summed E-state index contributed by atoms with van der Waals surface area (Å²) in [5.74, 6) is 0. The van der Waals surface area contributed by atoms with E-state index in [1.165, 1.54) is 12.3 Å². The second-order valence-corrected chi connectivity index (χ2v) is 2.20. The van der Waals surface area contributed by atoms with Crippen LogP contribution in [0, 0.1) is 10.1 Å². The van der Waals surface area contributed by atoms with Crippen LogP contribution in [0.2, 0.25) is 0 Å². The van der Waals surface area contributed by atoms with Crippen LogP contribution in [0.25, 0.3) is 0 Å². The van der Waals surface area contributed by atoms with Crippen molar-refractivity contribution in [1.29, 1.82) is 0 Å². The zero-order valence-corrected chi connectivity index (χ0v) is 6.64. The molecule has 1 rings (SSSR count). The summed E-state index contributed by atoms with van der Waals surface area (Å²) in [5, 5.41) is 13.0. The van der Waals surface area contributed by atoms with Crippen LogP contribution in [0.4, 0.5) is 11.4 Å². The van der Waals surface area contributed by atoms with E-state index in [-0.39, 0.29) is 12.2 Å². The predicted molar refractivity (Wildman–Crippen MR) is 45.4 cm³/mol. The van der Waals surface area contributed by atoms with Crippen molar-refractivity contribution in [1.82, 2.24) is 4.98 Å². The van der Waals surface area contributed by atoms with Gasteiger partial charge in [0.1, 0.15) is 18.2 Å². The Morgan fingerprint density at radius 1 is 1.69 bits per heavy atom. The van der Waals surface area contributed by atoms with E-state index in [4.69, 9.17) is 0 Å². The number of carbonyl (C=O) groups is 1. The molecule has 13 heavy (non-hydrogen) atoms. The molecule has 0 spiro atoms. The van der Waals surface area contributed by atoms with Crippen molar-refractivity contribution >= 4 is 17.7 Å². The molecule has 6 nitrogen and oxygen atoms in total. The first-order valence-corrected chi connectivity index (χ1v) is 3.51. The Bertz CT molecular complexity index is 327. The molecule has 6 heteroatoms. The van der Waals surface area contributed by atoms with E-state index in [1.54, 1.807) is 0 Å². The van der Waals surface area contributed by atoms with Crippen molar-refractivity contribution in [3.63, 3.8) is 0 Å². The van der Waals surface area contributed by atoms with Crippen molar-refractivity contribution in [3.8, 4) is 0 Å². The number of hydrogen-bond donors (Lipinski definition) is 1. The third-order valence-electron chi connectivity index (χ3n) is 1.37. The van der Waals surface area contributed by atoms with Gasteiger partial charge in [0.2, 0.25) is 0 Å². The SMILES string of the molecule is O=CCNc1ccncc1[N+](=O)[O-]. The molecule has 0 aromatic carbocycles. The first kappa shape index (κ1) is 9.11. The lowest BCUT2D eigenvalue weighted by molar-refractivity contribution is -0.384. The highest BCUT2D eigenvalue weighted by Crippen LogP contribution is 2.20. The monoisotopic (exact) mass is 181 g/mol. The van der Waals surface area contributed by atoms with Crippen LogP contribution < -0.4 is 5.32 Å². The standard InChI is InChI=1S/C7H7N3O3/c11-4-3-9-6-1-2-8-5-7(6)10(12)13/h1-2,4-5H,3H2,(H,8,9). The molecule has 0 aliphatic heterocycles. The highest BCUT2D eigenvalue weighted by molar-refractivity contribution is 5.65. The van der Waals surface area contributed by atoms with Crippen molar-refractivity contribution in [2.24, 2.45) is 0 Å². The van der Waals surface area contributed by atoms with Crippen molar-refractivity contribution in [3.05, 3.63) is 28.6 Å². The number of hydrogen-bond acceptors (Lipinski definition) is 5. The minimum atomic E-state index is -0.555. The maximum absolute atomic E-state index is 10.4. The zero-order valence-electron chi connectivity index (χ0n) is 6.64. The molecule has 0 unspecified atom stereocenters. The molecule has 1 N–H and O–H groups in total. The normalized spacial score (nSPS) is 9.23. The molecular formula is C7H7N3O3. The van der Waals surface area contributed by atoms with Gasteiger partial charge in [-0.05, 0) is 6.07 Å². The molecule has 68 valence electrons. The second-order valence-electron chi connectivity index (χ2n) is 2.20. The molecule has 0 bridgehead atoms. The van der Waals surface area contributed by atoms with E-state index in [0.717, 1.165) is 6.20 Å². The highest BCUT2D eigenvalue weighted by Gasteiger charge is 2.11. The Labute approximate surface area is 73.7 Å². The number of pyridine rings is 1. The van der Waals surface area contributed by atoms with E-state index in [1.807, 2.05) is 0 Å². The lowest BCUT2D eigenvalue weighted by Crippen LogP contribution is -2.04. The Morgan fingerprint density at radius 3 is 3.08 bits per heavy atom. The summed E-state index contributed by atoms with van der Waals surface area (Å²) in [6.07, 6.45) is 3.18. The second kappa shape index (κ2) is 4.15. The van der Waals surface area contributed by atoms with Crippen molar-refractivity contribution < 1.29 is 9.72 Å². The van der Waals surface area contributed by atoms with Gasteiger partial charge >= 0.3 is 5.69 Å². The number of carbonyl (C=O) groups excluding carboxylic acids is 1. The van der Waals surface area contributed by atoms with Gasteiger partial charge in [-0.2, -0.15) is 0 Å². The minimum absolute atomic E-state index is 0.0465. The summed E-state index contributed by atoms with van der Waals surface area (Å²) in [7, 11) is 0. The Hall–Kier alpha value is -1.98. The molecule has 0 fully saturated rings. The highest BCUT2D eigenvalue weighted by atomic mass is 16.6. The van der Waals surface area contributed by atoms with Gasteiger partial charge in [-0.15, -0.1) is 0 Å². The van der Waals surface area contributed by atoms with Crippen LogP contribution >= 0.6 is 0 Å². The van der Waals surface area contributed by atoms with Crippen molar-refractivity contribution in [2.75, 3.05) is 11.9 Å². The maximum Gasteiger partial charge on any atom is 0.310 e. The Morgan fingerprint density at radius 2 is 2.46 bits per heavy atom. The number of anilines is 1. The van der Waals surface area contributed by atoms with Crippen LogP contribution in [-0.2, 0) is 4.79 Å². The summed E-state index contributed by atoms with van der Waals surface area (Å²) in [4.78, 5) is 23.5. The average Bonchev–Trinajstić information content (AvgIpc) is 2.15. The lowest BCUT2D eigenvalue weighted by atomic mass is 10.3. The summed E-state index contributed by atoms with van der Waals surface area (Å²) in [6.45, 7) is 0.0465. The van der Waals surface area contributed by atoms with Gasteiger partial charge in [0.15, 0.2) is 0 Å². The third-order valence-corrected chi connectivity index (χ3v) is 1.37. The van der Waals surface area contributed by atoms with E-state index < -0.39 is 4.92 Å². The smallest absolute Gasteiger partial charge is 0.310 e. The third kappa shape index (κ3) is 2.22. The number of aromatic nitrogens is 1. The fraction of sp³-hybridized carbons (Fsp3) is 0.143. The van der Waals surface area contributed by atoms with Crippen LogP contribution in [-0.4, -0.2) is 22.7 Å². The molecule has 0 atom stereocenters. The summed E-state index contributed by atoms with van der Waals surface area (Å²) in [5.41, 5.74) is 0.163. The van der Waals surface area contributed by atoms with E-state index >= 15 is 0 Å². The van der Waals surface area contributed by atoms with Gasteiger partial charge in [0, 0.05) is 6.20 Å². The predicted octanol–water partition coefficient (Wildman–Crippen LogP) is 0.601. The first-order chi connectivity index (χ1) is 6.25. The summed E-state index contributed by atoms with van der Waals surface area (Å²) < 4.78 is 0. The number of nitrogens with one attached hydrogen (secondary N) is 1. The Kier molecular flexibility index (Phi) is 2.91. The van der Waals surface area contributed by atoms with Gasteiger partial charge in [-0.25, -0.2) is 0 Å². The van der Waals surface area contributed by atoms with Crippen LogP contribution in [0.5, 0.6) is 0 Å². The molecule has 1 aromatic heterocycles. The first-order valence-electron chi connectivity index (χ1n) is 3.51. The zero-order chi connectivity index (χ0) is 9.68. The number of nitrogens with zero attached hydrogens (tertiary/aromatic N) is 2. The topological polar surface area (TPSA) is 85.1 Å². The molecule has 0 amide bonds. The molecule has 0 saturated heterocycles. The quantitative estimate of drug-likeness (QED) is 0.417. The van der Waals surface area contributed by atoms with Gasteiger partial charge in [0.05, 0.1) is 11.5 Å². The van der Waals surface area contributed by atoms with Crippen LogP contribution in [0.3, 0.4) is 0 Å². The average molecular weight is 181 g/mol. The summed E-state index contributed by atoms with van der Waals surface area (Å²) >= 11 is 0. The minimum Gasteiger partial charge on any atom is -0.373 e. The molecule has 0 aliphatic carbocycles. The van der Waals surface area contributed by atoms with Gasteiger partial charge < -0.3 is 10.1 Å². The molecule has 0 radical (unpaired) electrons. The van der Waals surface area contributed by atoms with Crippen LogP contribution in [0.15, 0.2) is 18.5 Å². The lowest BCUT2D eigenvalue weighted by Gasteiger charge is -2.01. The fourth-order valence-electron chi connectivity index (χ4n) is 0.833. The summed E-state index contributed by atoms with van der Waals surface area (Å²) in [6, 6.07) is 1.45. The van der Waals surface area contributed by atoms with Crippen molar-refractivity contribution in [2.45, 2.75) is 0 Å². The number of rotatable bonds is 4. The van der Waals surface area contributed by atoms with Gasteiger partial charge in [0.25, 0.3) is 0 Å². The number of nitro groups is 1. The molecule has 0 aliphatic rings. The largest absolute Gasteiger partial charge is 0.373 e. The molecule has 1 aromatic rings. The molecular weight excluding hydrogens is 174 g/mol. The van der Waals surface area contributed by atoms with Gasteiger partial charge in [-0.3, -0.25) is 15.1 Å². The Balaban J connectivity index is 2.90. The van der Waals surface area contributed by atoms with Gasteiger partial charge in [-0.1, -0.05) is 0 Å². The van der Waals surface area contributed by atoms with E-state index in [0.29, 0.717) is 12.0 Å². The fourth-order valence-corrected chi connectivity index (χ4v) is 0.833. The maximum atomic E-state index is 10.4. The van der Waals surface area contributed by atoms with Crippen LogP contribution in [0.1, 0.15) is 0 Å². The number of aldehydes is 1.